The van der Waals surface area contributed by atoms with Crippen LogP contribution in [0.3, 0.4) is 0 Å². The molecule has 15 heavy (non-hydrogen) atoms. The lowest BCUT2D eigenvalue weighted by atomic mass is 10.4. The molecule has 1 fully saturated rings. The second kappa shape index (κ2) is 4.08. The van der Waals surface area contributed by atoms with Crippen molar-refractivity contribution in [3.63, 3.8) is 0 Å². The van der Waals surface area contributed by atoms with Crippen LogP contribution in [0.4, 0.5) is 0 Å². The Labute approximate surface area is 90.5 Å². The first-order valence-corrected chi connectivity index (χ1v) is 5.66. The minimum absolute atomic E-state index is 0.175. The maximum atomic E-state index is 11.4. The van der Waals surface area contributed by atoms with Crippen molar-refractivity contribution in [3.8, 4) is 6.07 Å². The van der Waals surface area contributed by atoms with Crippen molar-refractivity contribution < 1.29 is 0 Å². The van der Waals surface area contributed by atoms with Crippen LogP contribution in [0.25, 0.3) is 0 Å². The number of hydrogen-bond acceptors (Lipinski definition) is 5. The number of rotatable bonds is 4. The summed E-state index contributed by atoms with van der Waals surface area (Å²) in [5.41, 5.74) is 5.29. The van der Waals surface area contributed by atoms with E-state index in [4.69, 9.17) is 11.0 Å². The highest BCUT2D eigenvalue weighted by molar-refractivity contribution is 7.99. The molecule has 1 aliphatic carbocycles. The molecule has 1 atom stereocenters. The summed E-state index contributed by atoms with van der Waals surface area (Å²) >= 11 is 1.34. The van der Waals surface area contributed by atoms with Gasteiger partial charge in [-0.2, -0.15) is 5.26 Å². The fourth-order valence-electron chi connectivity index (χ4n) is 1.25. The Kier molecular flexibility index (Phi) is 2.79. The molecule has 0 radical (unpaired) electrons. The van der Waals surface area contributed by atoms with Gasteiger partial charge in [0.25, 0.3) is 0 Å². The molecule has 0 amide bonds. The van der Waals surface area contributed by atoms with E-state index in [1.165, 1.54) is 11.8 Å². The first-order chi connectivity index (χ1) is 7.22. The summed E-state index contributed by atoms with van der Waals surface area (Å²) in [5, 5.41) is 15.5. The number of aromatic nitrogens is 3. The third-order valence-electron chi connectivity index (χ3n) is 2.14. The Balaban J connectivity index is 2.08. The van der Waals surface area contributed by atoms with E-state index in [1.807, 2.05) is 6.07 Å². The molecular weight excluding hydrogens is 214 g/mol. The number of nitriles is 1. The maximum absolute atomic E-state index is 11.4. The predicted octanol–water partition coefficient (Wildman–Crippen LogP) is -0.151. The van der Waals surface area contributed by atoms with E-state index in [0.717, 1.165) is 12.8 Å². The van der Waals surface area contributed by atoms with E-state index < -0.39 is 6.04 Å². The van der Waals surface area contributed by atoms with Crippen LogP contribution in [0.15, 0.2) is 9.95 Å². The molecule has 7 heteroatoms. The summed E-state index contributed by atoms with van der Waals surface area (Å²) in [7, 11) is 0. The number of H-pyrrole nitrogens is 1. The fourth-order valence-corrected chi connectivity index (χ4v) is 2.13. The van der Waals surface area contributed by atoms with Gasteiger partial charge in [-0.25, -0.2) is 9.89 Å². The van der Waals surface area contributed by atoms with Gasteiger partial charge >= 0.3 is 5.69 Å². The monoisotopic (exact) mass is 225 g/mol. The Morgan fingerprint density at radius 2 is 2.53 bits per heavy atom. The van der Waals surface area contributed by atoms with E-state index in [2.05, 4.69) is 10.2 Å². The molecule has 80 valence electrons. The minimum atomic E-state index is -0.519. The molecule has 0 aliphatic heterocycles. The van der Waals surface area contributed by atoms with Crippen LogP contribution in [0, 0.1) is 11.3 Å². The second-order valence-electron chi connectivity index (χ2n) is 3.46. The summed E-state index contributed by atoms with van der Waals surface area (Å²) in [6.45, 7) is 0. The molecule has 1 heterocycles. The largest absolute Gasteiger partial charge is 0.344 e. The highest BCUT2D eigenvalue weighted by Gasteiger charge is 2.28. The normalized spacial score (nSPS) is 17.3. The van der Waals surface area contributed by atoms with Crippen molar-refractivity contribution in [3.05, 3.63) is 10.5 Å². The zero-order chi connectivity index (χ0) is 10.8. The van der Waals surface area contributed by atoms with Crippen LogP contribution >= 0.6 is 11.8 Å². The average molecular weight is 225 g/mol. The molecule has 2 rings (SSSR count). The van der Waals surface area contributed by atoms with Crippen molar-refractivity contribution >= 4 is 11.8 Å². The van der Waals surface area contributed by atoms with Gasteiger partial charge < -0.3 is 5.73 Å². The smallest absolute Gasteiger partial charge is 0.315 e. The van der Waals surface area contributed by atoms with Crippen molar-refractivity contribution in [2.75, 3.05) is 5.75 Å². The van der Waals surface area contributed by atoms with Crippen LogP contribution in [-0.4, -0.2) is 26.6 Å². The fraction of sp³-hybridized carbons (Fsp3) is 0.625. The van der Waals surface area contributed by atoms with Gasteiger partial charge in [-0.1, -0.05) is 11.8 Å². The Bertz CT molecular complexity index is 441. The summed E-state index contributed by atoms with van der Waals surface area (Å²) in [5.74, 6) is 0.452. The summed E-state index contributed by atoms with van der Waals surface area (Å²) in [6, 6.07) is 1.71. The molecule has 0 aromatic carbocycles. The summed E-state index contributed by atoms with van der Waals surface area (Å²) in [4.78, 5) is 11.4. The molecule has 1 unspecified atom stereocenters. The molecule has 0 saturated heterocycles. The Hall–Kier alpha value is -1.26. The predicted molar refractivity (Wildman–Crippen MR) is 55.4 cm³/mol. The molecule has 3 N–H and O–H groups in total. The van der Waals surface area contributed by atoms with Crippen LogP contribution in [0.2, 0.25) is 0 Å². The van der Waals surface area contributed by atoms with Crippen LogP contribution < -0.4 is 11.4 Å². The first kappa shape index (κ1) is 10.3. The first-order valence-electron chi connectivity index (χ1n) is 4.67. The van der Waals surface area contributed by atoms with E-state index in [9.17, 15) is 4.79 Å². The number of nitrogens with zero attached hydrogens (tertiary/aromatic N) is 3. The molecule has 1 aromatic rings. The molecule has 0 bridgehead atoms. The van der Waals surface area contributed by atoms with Crippen LogP contribution in [0.1, 0.15) is 18.9 Å². The number of nitrogens with two attached hydrogens (primary N) is 1. The Morgan fingerprint density at radius 1 is 1.80 bits per heavy atom. The van der Waals surface area contributed by atoms with E-state index in [0.29, 0.717) is 10.9 Å². The van der Waals surface area contributed by atoms with Gasteiger partial charge in [-0.15, -0.1) is 5.10 Å². The van der Waals surface area contributed by atoms with Gasteiger partial charge in [0.1, 0.15) is 6.04 Å². The maximum Gasteiger partial charge on any atom is 0.344 e. The van der Waals surface area contributed by atoms with E-state index in [1.54, 1.807) is 4.57 Å². The zero-order valence-electron chi connectivity index (χ0n) is 8.01. The lowest BCUT2D eigenvalue weighted by Gasteiger charge is -2.03. The van der Waals surface area contributed by atoms with Crippen molar-refractivity contribution in [1.82, 2.24) is 14.8 Å². The third-order valence-corrected chi connectivity index (χ3v) is 3.21. The van der Waals surface area contributed by atoms with Crippen molar-refractivity contribution in [2.45, 2.75) is 30.1 Å². The zero-order valence-corrected chi connectivity index (χ0v) is 8.83. The molecular formula is C8H11N5OS. The lowest BCUT2D eigenvalue weighted by Crippen LogP contribution is -2.21. The van der Waals surface area contributed by atoms with Gasteiger partial charge in [0, 0.05) is 11.8 Å². The number of thioether (sulfide) groups is 1. The molecule has 1 aromatic heterocycles. The lowest BCUT2D eigenvalue weighted by molar-refractivity contribution is 0.642. The number of aromatic amines is 1. The third kappa shape index (κ3) is 2.22. The molecule has 6 nitrogen and oxygen atoms in total. The van der Waals surface area contributed by atoms with Crippen molar-refractivity contribution in [1.29, 1.82) is 5.26 Å². The van der Waals surface area contributed by atoms with Gasteiger partial charge in [-0.05, 0) is 12.8 Å². The highest BCUT2D eigenvalue weighted by Crippen LogP contribution is 2.35. The summed E-state index contributed by atoms with van der Waals surface area (Å²) in [6.07, 6.45) is 2.05. The van der Waals surface area contributed by atoms with E-state index >= 15 is 0 Å². The van der Waals surface area contributed by atoms with E-state index in [-0.39, 0.29) is 11.7 Å². The average Bonchev–Trinajstić information content (AvgIpc) is 3.00. The van der Waals surface area contributed by atoms with Gasteiger partial charge in [0.05, 0.1) is 6.07 Å². The van der Waals surface area contributed by atoms with Crippen LogP contribution in [-0.2, 0) is 0 Å². The summed E-state index contributed by atoms with van der Waals surface area (Å²) < 4.78 is 1.65. The number of nitrogens with one attached hydrogen (secondary N) is 1. The Morgan fingerprint density at radius 3 is 3.13 bits per heavy atom. The van der Waals surface area contributed by atoms with Gasteiger partial charge in [0.15, 0.2) is 5.16 Å². The SMILES string of the molecule is N#CC(N)CSc1n[nH]c(=O)n1C1CC1. The topological polar surface area (TPSA) is 100 Å². The minimum Gasteiger partial charge on any atom is -0.315 e. The quantitative estimate of drug-likeness (QED) is 0.694. The molecule has 1 saturated carbocycles. The van der Waals surface area contributed by atoms with Gasteiger partial charge in [-0.3, -0.25) is 4.57 Å². The van der Waals surface area contributed by atoms with Crippen molar-refractivity contribution in [2.24, 2.45) is 5.73 Å². The second-order valence-corrected chi connectivity index (χ2v) is 4.45. The van der Waals surface area contributed by atoms with Crippen LogP contribution in [0.5, 0.6) is 0 Å². The highest BCUT2D eigenvalue weighted by atomic mass is 32.2. The number of hydrogen-bond donors (Lipinski definition) is 2. The molecule has 0 spiro atoms. The standard InChI is InChI=1S/C8H11N5OS/c9-3-5(10)4-15-8-12-11-7(14)13(8)6-1-2-6/h5-6H,1-2,4,10H2,(H,11,14). The van der Waals surface area contributed by atoms with Gasteiger partial charge in [0.2, 0.25) is 0 Å². The molecule has 1 aliphatic rings.